The number of fused-ring (bicyclic) bond motifs is 1. The van der Waals surface area contributed by atoms with Gasteiger partial charge in [-0.1, -0.05) is 30.3 Å². The summed E-state index contributed by atoms with van der Waals surface area (Å²) in [6.45, 7) is 7.85. The molecular weight excluding hydrogens is 472 g/mol. The lowest BCUT2D eigenvalue weighted by Gasteiger charge is -2.54. The van der Waals surface area contributed by atoms with Crippen LogP contribution in [0.5, 0.6) is 0 Å². The summed E-state index contributed by atoms with van der Waals surface area (Å²) in [4.78, 5) is 29.3. The van der Waals surface area contributed by atoms with E-state index in [1.54, 1.807) is 6.33 Å². The second kappa shape index (κ2) is 10.6. The van der Waals surface area contributed by atoms with Gasteiger partial charge in [-0.3, -0.25) is 14.6 Å². The fraction of sp³-hybridized carbons (Fsp3) is 0.645. The molecule has 4 saturated carbocycles. The Balaban J connectivity index is 0.909. The molecule has 1 saturated heterocycles. The zero-order valence-electron chi connectivity index (χ0n) is 22.6. The van der Waals surface area contributed by atoms with Crippen molar-refractivity contribution >= 4 is 11.7 Å². The Labute approximate surface area is 227 Å². The van der Waals surface area contributed by atoms with Crippen molar-refractivity contribution in [2.45, 2.75) is 51.6 Å². The molecule has 0 atom stereocenters. The number of benzene rings is 1. The summed E-state index contributed by atoms with van der Waals surface area (Å²) in [7, 11) is 0. The van der Waals surface area contributed by atoms with Crippen LogP contribution in [0.25, 0.3) is 0 Å². The van der Waals surface area contributed by atoms with Gasteiger partial charge < -0.3 is 10.2 Å². The van der Waals surface area contributed by atoms with Gasteiger partial charge in [0.05, 0.1) is 18.8 Å². The zero-order chi connectivity index (χ0) is 25.5. The first-order chi connectivity index (χ1) is 18.7. The third kappa shape index (κ3) is 5.07. The van der Waals surface area contributed by atoms with Gasteiger partial charge in [-0.25, -0.2) is 9.97 Å². The maximum Gasteiger partial charge on any atom is 0.237 e. The summed E-state index contributed by atoms with van der Waals surface area (Å²) < 4.78 is 0. The van der Waals surface area contributed by atoms with Gasteiger partial charge in [-0.2, -0.15) is 0 Å². The highest BCUT2D eigenvalue weighted by Crippen LogP contribution is 2.56. The number of carbonyl (C=O) groups is 1. The minimum Gasteiger partial charge on any atom is -0.369 e. The molecule has 2 aliphatic heterocycles. The van der Waals surface area contributed by atoms with Crippen LogP contribution in [0.2, 0.25) is 0 Å². The van der Waals surface area contributed by atoms with E-state index in [0.717, 1.165) is 93.3 Å². The minimum absolute atomic E-state index is 0.230. The molecule has 1 amide bonds. The lowest BCUT2D eigenvalue weighted by molar-refractivity contribution is -0.133. The lowest BCUT2D eigenvalue weighted by atomic mass is 9.52. The first kappa shape index (κ1) is 24.5. The van der Waals surface area contributed by atoms with Crippen molar-refractivity contribution in [1.29, 1.82) is 0 Å². The Morgan fingerprint density at radius 3 is 2.32 bits per heavy atom. The van der Waals surface area contributed by atoms with Crippen molar-refractivity contribution in [2.75, 3.05) is 51.1 Å². The SMILES string of the molecule is O=C(CN1CCN(Cc2ccccc2)CC1)N1CCc2c(ncnc2NCC2C3CC4CC(C3)CC2C4)C1. The summed E-state index contributed by atoms with van der Waals surface area (Å²) in [6.07, 6.45) is 9.88. The molecule has 1 aromatic carbocycles. The van der Waals surface area contributed by atoms with Crippen LogP contribution in [-0.4, -0.2) is 76.4 Å². The molecule has 6 aliphatic rings. The molecule has 1 aromatic heterocycles. The number of nitrogens with zero attached hydrogens (tertiary/aromatic N) is 5. The number of hydrogen-bond acceptors (Lipinski definition) is 6. The quantitative estimate of drug-likeness (QED) is 0.609. The Morgan fingerprint density at radius 2 is 1.58 bits per heavy atom. The average molecular weight is 515 g/mol. The maximum absolute atomic E-state index is 13.2. The molecule has 4 aliphatic carbocycles. The molecule has 0 spiro atoms. The highest BCUT2D eigenvalue weighted by molar-refractivity contribution is 5.78. The van der Waals surface area contributed by atoms with E-state index in [9.17, 15) is 4.79 Å². The Kier molecular flexibility index (Phi) is 6.82. The minimum atomic E-state index is 0.230. The normalized spacial score (nSPS) is 30.8. The molecular formula is C31H42N6O. The topological polar surface area (TPSA) is 64.6 Å². The van der Waals surface area contributed by atoms with Gasteiger partial charge in [-0.15, -0.1) is 0 Å². The van der Waals surface area contributed by atoms with Gasteiger partial charge in [0.15, 0.2) is 0 Å². The number of piperazine rings is 1. The number of carbonyl (C=O) groups excluding carboxylic acids is 1. The van der Waals surface area contributed by atoms with Crippen LogP contribution in [0, 0.1) is 29.6 Å². The largest absolute Gasteiger partial charge is 0.369 e. The summed E-state index contributed by atoms with van der Waals surface area (Å²) in [5, 5.41) is 3.76. The molecule has 3 heterocycles. The molecule has 202 valence electrons. The van der Waals surface area contributed by atoms with Crippen LogP contribution in [0.1, 0.15) is 48.9 Å². The average Bonchev–Trinajstić information content (AvgIpc) is 2.93. The number of rotatable bonds is 7. The lowest BCUT2D eigenvalue weighted by Crippen LogP contribution is -2.50. The van der Waals surface area contributed by atoms with Crippen LogP contribution in [0.4, 0.5) is 5.82 Å². The highest BCUT2D eigenvalue weighted by Gasteiger charge is 2.47. The van der Waals surface area contributed by atoms with Gasteiger partial charge in [0.25, 0.3) is 0 Å². The van der Waals surface area contributed by atoms with Crippen LogP contribution in [0.3, 0.4) is 0 Å². The van der Waals surface area contributed by atoms with Crippen molar-refractivity contribution in [3.05, 3.63) is 53.5 Å². The van der Waals surface area contributed by atoms with Crippen LogP contribution < -0.4 is 5.32 Å². The van der Waals surface area contributed by atoms with Crippen LogP contribution in [-0.2, 0) is 24.3 Å². The molecule has 0 unspecified atom stereocenters. The third-order valence-corrected chi connectivity index (χ3v) is 10.4. The van der Waals surface area contributed by atoms with Gasteiger partial charge in [0, 0.05) is 51.4 Å². The molecule has 7 heteroatoms. The summed E-state index contributed by atoms with van der Waals surface area (Å²) in [5.41, 5.74) is 3.62. The first-order valence-corrected chi connectivity index (χ1v) is 15.0. The van der Waals surface area contributed by atoms with E-state index in [4.69, 9.17) is 0 Å². The highest BCUT2D eigenvalue weighted by atomic mass is 16.2. The van der Waals surface area contributed by atoms with Crippen LogP contribution >= 0.6 is 0 Å². The van der Waals surface area contributed by atoms with Gasteiger partial charge in [-0.05, 0) is 73.7 Å². The zero-order valence-corrected chi connectivity index (χ0v) is 22.6. The van der Waals surface area contributed by atoms with Crippen molar-refractivity contribution in [3.8, 4) is 0 Å². The molecule has 0 radical (unpaired) electrons. The molecule has 2 aromatic rings. The Morgan fingerprint density at radius 1 is 0.868 bits per heavy atom. The fourth-order valence-electron chi connectivity index (χ4n) is 8.54. The van der Waals surface area contributed by atoms with E-state index >= 15 is 0 Å². The summed E-state index contributed by atoms with van der Waals surface area (Å²) >= 11 is 0. The number of amides is 1. The molecule has 8 rings (SSSR count). The van der Waals surface area contributed by atoms with E-state index in [2.05, 4.69) is 55.4 Å². The first-order valence-electron chi connectivity index (χ1n) is 15.0. The molecule has 1 N–H and O–H groups in total. The number of anilines is 1. The van der Waals surface area contributed by atoms with Crippen LogP contribution in [0.15, 0.2) is 36.7 Å². The number of aromatic nitrogens is 2. The Bertz CT molecular complexity index is 1100. The standard InChI is InChI=1S/C31H42N6O/c38-30(20-36-10-8-35(9-11-36)18-22-4-2-1-3-5-22)37-7-6-27-29(19-37)33-21-34-31(27)32-17-28-25-13-23-12-24(15-25)16-26(28)14-23/h1-5,21,23-26,28H,6-20H2,(H,32,33,34). The molecule has 38 heavy (non-hydrogen) atoms. The van der Waals surface area contributed by atoms with E-state index in [1.165, 1.54) is 43.2 Å². The van der Waals surface area contributed by atoms with Crippen molar-refractivity contribution < 1.29 is 4.79 Å². The second-order valence-corrected chi connectivity index (χ2v) is 12.7. The molecule has 4 bridgehead atoms. The van der Waals surface area contributed by atoms with Crippen molar-refractivity contribution in [1.82, 2.24) is 24.7 Å². The number of hydrogen-bond donors (Lipinski definition) is 1. The van der Waals surface area contributed by atoms with Gasteiger partial charge >= 0.3 is 0 Å². The van der Waals surface area contributed by atoms with E-state index < -0.39 is 0 Å². The van der Waals surface area contributed by atoms with E-state index in [1.807, 2.05) is 4.90 Å². The fourth-order valence-corrected chi connectivity index (χ4v) is 8.54. The second-order valence-electron chi connectivity index (χ2n) is 12.7. The van der Waals surface area contributed by atoms with Crippen molar-refractivity contribution in [3.63, 3.8) is 0 Å². The van der Waals surface area contributed by atoms with Crippen molar-refractivity contribution in [2.24, 2.45) is 29.6 Å². The predicted molar refractivity (Wildman–Crippen MR) is 148 cm³/mol. The van der Waals surface area contributed by atoms with Gasteiger partial charge in [0.2, 0.25) is 5.91 Å². The monoisotopic (exact) mass is 514 g/mol. The van der Waals surface area contributed by atoms with E-state index in [-0.39, 0.29) is 5.91 Å². The maximum atomic E-state index is 13.2. The molecule has 7 nitrogen and oxygen atoms in total. The summed E-state index contributed by atoms with van der Waals surface area (Å²) in [5.74, 6) is 5.93. The molecule has 5 fully saturated rings. The van der Waals surface area contributed by atoms with Gasteiger partial charge in [0.1, 0.15) is 12.1 Å². The third-order valence-electron chi connectivity index (χ3n) is 10.4. The predicted octanol–water partition coefficient (Wildman–Crippen LogP) is 3.66. The summed E-state index contributed by atoms with van der Waals surface area (Å²) in [6, 6.07) is 10.7. The smallest absolute Gasteiger partial charge is 0.237 e. The van der Waals surface area contributed by atoms with E-state index in [0.29, 0.717) is 13.1 Å². The Hall–Kier alpha value is -2.51. The number of nitrogens with one attached hydrogen (secondary N) is 1.